The molecule has 0 aliphatic heterocycles. The number of nitrogens with one attached hydrogen (secondary N) is 2. The molecule has 0 fully saturated rings. The first-order valence-corrected chi connectivity index (χ1v) is 8.34. The Labute approximate surface area is 145 Å². The smallest absolute Gasteiger partial charge is 0.319 e. The largest absolute Gasteiger partial charge is 0.491 e. The molecule has 5 nitrogen and oxygen atoms in total. The van der Waals surface area contributed by atoms with Gasteiger partial charge in [-0.25, -0.2) is 4.79 Å². The Morgan fingerprint density at radius 2 is 2.14 bits per heavy atom. The summed E-state index contributed by atoms with van der Waals surface area (Å²) in [5.41, 5.74) is 0.540. The third-order valence-electron chi connectivity index (χ3n) is 2.93. The topological polar surface area (TPSA) is 53.6 Å². The van der Waals surface area contributed by atoms with Crippen molar-refractivity contribution in [2.24, 2.45) is 0 Å². The highest BCUT2D eigenvalue weighted by Gasteiger charge is 2.14. The molecule has 0 spiro atoms. The molecule has 7 heteroatoms. The molecule has 0 bridgehead atoms. The number of hydrogen-bond acceptors (Lipinski definition) is 3. The minimum absolute atomic E-state index is 0.0700. The van der Waals surface area contributed by atoms with E-state index in [2.05, 4.69) is 31.5 Å². The van der Waals surface area contributed by atoms with Gasteiger partial charge in [-0.15, -0.1) is 0 Å². The molecule has 2 N–H and O–H groups in total. The van der Waals surface area contributed by atoms with Crippen molar-refractivity contribution >= 4 is 39.2 Å². The lowest BCUT2D eigenvalue weighted by atomic mass is 10.2. The van der Waals surface area contributed by atoms with Gasteiger partial charge in [-0.2, -0.15) is 0 Å². The molecular weight excluding hydrogens is 370 g/mol. The van der Waals surface area contributed by atoms with E-state index in [1.165, 1.54) is 0 Å². The van der Waals surface area contributed by atoms with Gasteiger partial charge in [-0.05, 0) is 69.0 Å². The van der Waals surface area contributed by atoms with Crippen molar-refractivity contribution in [3.63, 3.8) is 0 Å². The Kier molecular flexibility index (Phi) is 8.00. The van der Waals surface area contributed by atoms with Crippen LogP contribution in [-0.4, -0.2) is 44.2 Å². The maximum absolute atomic E-state index is 12.1. The molecule has 2 amide bonds. The molecule has 0 aliphatic carbocycles. The van der Waals surface area contributed by atoms with Crippen LogP contribution < -0.4 is 15.4 Å². The summed E-state index contributed by atoms with van der Waals surface area (Å²) >= 11 is 9.43. The number of carbonyl (C=O) groups excluding carboxylic acids is 1. The van der Waals surface area contributed by atoms with E-state index in [-0.39, 0.29) is 12.1 Å². The lowest BCUT2D eigenvalue weighted by Crippen LogP contribution is -2.37. The van der Waals surface area contributed by atoms with Crippen molar-refractivity contribution in [2.75, 3.05) is 32.6 Å². The molecule has 0 saturated carbocycles. The molecule has 1 rings (SSSR count). The molecule has 0 heterocycles. The third-order valence-corrected chi connectivity index (χ3v) is 3.74. The fourth-order valence-electron chi connectivity index (χ4n) is 1.85. The SMILES string of the molecule is CCOc1c(Br)cc(Cl)cc1NC(=O)NC(C)CCN(C)C. The summed E-state index contributed by atoms with van der Waals surface area (Å²) in [5, 5.41) is 6.21. The standard InChI is InChI=1S/C15H23BrClN3O2/c1-5-22-14-12(16)8-11(17)9-13(14)19-15(21)18-10(2)6-7-20(3)4/h8-10H,5-7H2,1-4H3,(H2,18,19,21). The molecule has 0 aliphatic rings. The molecule has 1 aromatic carbocycles. The van der Waals surface area contributed by atoms with Gasteiger partial charge in [0.25, 0.3) is 0 Å². The molecule has 0 radical (unpaired) electrons. The van der Waals surface area contributed by atoms with Gasteiger partial charge in [0.1, 0.15) is 0 Å². The van der Waals surface area contributed by atoms with Gasteiger partial charge in [-0.1, -0.05) is 11.6 Å². The first-order valence-electron chi connectivity index (χ1n) is 7.17. The first-order chi connectivity index (χ1) is 10.3. The second-order valence-electron chi connectivity index (χ2n) is 5.29. The van der Waals surface area contributed by atoms with Crippen molar-refractivity contribution < 1.29 is 9.53 Å². The van der Waals surface area contributed by atoms with Gasteiger partial charge >= 0.3 is 6.03 Å². The Morgan fingerprint density at radius 1 is 1.45 bits per heavy atom. The fraction of sp³-hybridized carbons (Fsp3) is 0.533. The van der Waals surface area contributed by atoms with E-state index in [1.807, 2.05) is 27.9 Å². The summed E-state index contributed by atoms with van der Waals surface area (Å²) in [6, 6.07) is 3.19. The average Bonchev–Trinajstić information content (AvgIpc) is 2.40. The summed E-state index contributed by atoms with van der Waals surface area (Å²) in [4.78, 5) is 14.2. The molecule has 1 unspecified atom stereocenters. The number of hydrogen-bond donors (Lipinski definition) is 2. The number of amides is 2. The van der Waals surface area contributed by atoms with Gasteiger partial charge in [0.05, 0.1) is 16.8 Å². The average molecular weight is 393 g/mol. The number of rotatable bonds is 7. The van der Waals surface area contributed by atoms with Crippen LogP contribution in [0.25, 0.3) is 0 Å². The Morgan fingerprint density at radius 3 is 2.73 bits per heavy atom. The highest BCUT2D eigenvalue weighted by atomic mass is 79.9. The van der Waals surface area contributed by atoms with Crippen LogP contribution >= 0.6 is 27.5 Å². The van der Waals surface area contributed by atoms with E-state index in [0.717, 1.165) is 13.0 Å². The van der Waals surface area contributed by atoms with Crippen molar-refractivity contribution in [3.8, 4) is 5.75 Å². The van der Waals surface area contributed by atoms with Crippen molar-refractivity contribution in [2.45, 2.75) is 26.3 Å². The van der Waals surface area contributed by atoms with Crippen molar-refractivity contribution in [1.29, 1.82) is 0 Å². The van der Waals surface area contributed by atoms with Crippen LogP contribution in [-0.2, 0) is 0 Å². The van der Waals surface area contributed by atoms with E-state index in [0.29, 0.717) is 27.5 Å². The molecule has 1 atom stereocenters. The van der Waals surface area contributed by atoms with Crippen LogP contribution in [0.15, 0.2) is 16.6 Å². The lowest BCUT2D eigenvalue weighted by molar-refractivity contribution is 0.247. The predicted molar refractivity (Wildman–Crippen MR) is 95.1 cm³/mol. The Balaban J connectivity index is 2.71. The second-order valence-corrected chi connectivity index (χ2v) is 6.58. The number of urea groups is 1. The first kappa shape index (κ1) is 19.1. The van der Waals surface area contributed by atoms with Gasteiger partial charge in [0.15, 0.2) is 5.75 Å². The van der Waals surface area contributed by atoms with Crippen LogP contribution in [0.4, 0.5) is 10.5 Å². The van der Waals surface area contributed by atoms with E-state index >= 15 is 0 Å². The van der Waals surface area contributed by atoms with Gasteiger partial charge in [0, 0.05) is 11.1 Å². The molecule has 124 valence electrons. The summed E-state index contributed by atoms with van der Waals surface area (Å²) in [5.74, 6) is 0.572. The van der Waals surface area contributed by atoms with E-state index < -0.39 is 0 Å². The zero-order chi connectivity index (χ0) is 16.7. The summed E-state index contributed by atoms with van der Waals surface area (Å²) in [6.45, 7) is 5.26. The van der Waals surface area contributed by atoms with Gasteiger partial charge < -0.3 is 20.3 Å². The minimum Gasteiger partial charge on any atom is -0.491 e. The normalized spacial score (nSPS) is 12.1. The highest BCUT2D eigenvalue weighted by molar-refractivity contribution is 9.10. The van der Waals surface area contributed by atoms with Gasteiger partial charge in [-0.3, -0.25) is 0 Å². The maximum Gasteiger partial charge on any atom is 0.319 e. The monoisotopic (exact) mass is 391 g/mol. The molecule has 0 saturated heterocycles. The van der Waals surface area contributed by atoms with E-state index in [9.17, 15) is 4.79 Å². The van der Waals surface area contributed by atoms with Crippen LogP contribution in [0.2, 0.25) is 5.02 Å². The highest BCUT2D eigenvalue weighted by Crippen LogP contribution is 2.36. The van der Waals surface area contributed by atoms with E-state index in [1.54, 1.807) is 12.1 Å². The Bertz CT molecular complexity index is 512. The van der Waals surface area contributed by atoms with Crippen LogP contribution in [0.1, 0.15) is 20.3 Å². The quantitative estimate of drug-likeness (QED) is 0.738. The lowest BCUT2D eigenvalue weighted by Gasteiger charge is -2.18. The van der Waals surface area contributed by atoms with Crippen LogP contribution in [0.5, 0.6) is 5.75 Å². The van der Waals surface area contributed by atoms with Gasteiger partial charge in [0.2, 0.25) is 0 Å². The molecular formula is C15H23BrClN3O2. The number of anilines is 1. The summed E-state index contributed by atoms with van der Waals surface area (Å²) in [7, 11) is 4.01. The van der Waals surface area contributed by atoms with Crippen molar-refractivity contribution in [1.82, 2.24) is 10.2 Å². The molecule has 1 aromatic rings. The van der Waals surface area contributed by atoms with Crippen LogP contribution in [0, 0.1) is 0 Å². The fourth-order valence-corrected chi connectivity index (χ4v) is 2.78. The number of halogens is 2. The van der Waals surface area contributed by atoms with Crippen molar-refractivity contribution in [3.05, 3.63) is 21.6 Å². The molecule has 22 heavy (non-hydrogen) atoms. The Hall–Kier alpha value is -0.980. The third kappa shape index (κ3) is 6.42. The predicted octanol–water partition coefficient (Wildman–Crippen LogP) is 3.96. The van der Waals surface area contributed by atoms with Crippen LogP contribution in [0.3, 0.4) is 0 Å². The number of carbonyl (C=O) groups is 1. The van der Waals surface area contributed by atoms with E-state index in [4.69, 9.17) is 16.3 Å². The number of nitrogens with zero attached hydrogens (tertiary/aromatic N) is 1. The second kappa shape index (κ2) is 9.22. The summed E-state index contributed by atoms with van der Waals surface area (Å²) < 4.78 is 6.26. The maximum atomic E-state index is 12.1. The number of ether oxygens (including phenoxy) is 1. The summed E-state index contributed by atoms with van der Waals surface area (Å²) in [6.07, 6.45) is 0.873. The zero-order valence-electron chi connectivity index (χ0n) is 13.4. The molecule has 0 aromatic heterocycles. The number of benzene rings is 1. The minimum atomic E-state index is -0.277. The zero-order valence-corrected chi connectivity index (χ0v) is 15.7.